The SMILES string of the molecule is CN(Cc1ccc2ccccc2c1)Cc1cn2ccccc2c1C#N. The molecule has 0 radical (unpaired) electrons. The van der Waals surface area contributed by atoms with Gasteiger partial charge in [-0.2, -0.15) is 5.26 Å². The van der Waals surface area contributed by atoms with Gasteiger partial charge in [-0.05, 0) is 41.6 Å². The topological polar surface area (TPSA) is 31.4 Å². The Bertz CT molecular complexity index is 1090. The van der Waals surface area contributed by atoms with E-state index in [9.17, 15) is 5.26 Å². The van der Waals surface area contributed by atoms with Gasteiger partial charge in [-0.3, -0.25) is 4.90 Å². The van der Waals surface area contributed by atoms with Gasteiger partial charge in [0, 0.05) is 31.0 Å². The molecule has 0 unspecified atom stereocenters. The van der Waals surface area contributed by atoms with Gasteiger partial charge in [-0.25, -0.2) is 0 Å². The molecule has 0 spiro atoms. The van der Waals surface area contributed by atoms with Crippen LogP contribution in [0.2, 0.25) is 0 Å². The molecule has 0 saturated carbocycles. The van der Waals surface area contributed by atoms with E-state index >= 15 is 0 Å². The van der Waals surface area contributed by atoms with Gasteiger partial charge in [0.25, 0.3) is 0 Å². The second-order valence-corrected chi connectivity index (χ2v) is 6.49. The Hall–Kier alpha value is -3.09. The number of benzene rings is 2. The minimum absolute atomic E-state index is 0.747. The van der Waals surface area contributed by atoms with Gasteiger partial charge in [-0.15, -0.1) is 0 Å². The average Bonchev–Trinajstić information content (AvgIpc) is 2.98. The Balaban J connectivity index is 1.57. The van der Waals surface area contributed by atoms with Crippen LogP contribution in [0.15, 0.2) is 73.1 Å². The average molecular weight is 325 g/mol. The van der Waals surface area contributed by atoms with Crippen LogP contribution in [0.4, 0.5) is 0 Å². The molecule has 2 aromatic carbocycles. The molecule has 2 heterocycles. The maximum absolute atomic E-state index is 9.54. The van der Waals surface area contributed by atoms with E-state index in [0.29, 0.717) is 0 Å². The number of aromatic nitrogens is 1. The summed E-state index contributed by atoms with van der Waals surface area (Å²) in [6.45, 7) is 1.60. The molecule has 3 heteroatoms. The first kappa shape index (κ1) is 15.4. The molecule has 0 aliphatic rings. The predicted octanol–water partition coefficient (Wildman–Crippen LogP) is 4.60. The van der Waals surface area contributed by atoms with Crippen molar-refractivity contribution in [2.75, 3.05) is 7.05 Å². The molecular weight excluding hydrogens is 306 g/mol. The lowest BCUT2D eigenvalue weighted by Crippen LogP contribution is -2.17. The van der Waals surface area contributed by atoms with Crippen molar-refractivity contribution in [2.24, 2.45) is 0 Å². The Kier molecular flexibility index (Phi) is 3.97. The fourth-order valence-electron chi connectivity index (χ4n) is 3.42. The van der Waals surface area contributed by atoms with Crippen molar-refractivity contribution >= 4 is 16.3 Å². The summed E-state index contributed by atoms with van der Waals surface area (Å²) in [4.78, 5) is 2.25. The maximum atomic E-state index is 9.54. The molecule has 0 amide bonds. The summed E-state index contributed by atoms with van der Waals surface area (Å²) in [5.74, 6) is 0. The molecule has 2 aromatic heterocycles. The van der Waals surface area contributed by atoms with Gasteiger partial charge in [0.1, 0.15) is 6.07 Å². The molecular formula is C22H19N3. The number of nitriles is 1. The summed E-state index contributed by atoms with van der Waals surface area (Å²) in [5, 5.41) is 12.1. The second-order valence-electron chi connectivity index (χ2n) is 6.49. The number of hydrogen-bond acceptors (Lipinski definition) is 2. The van der Waals surface area contributed by atoms with Crippen molar-refractivity contribution in [2.45, 2.75) is 13.1 Å². The third-order valence-corrected chi connectivity index (χ3v) is 4.58. The monoisotopic (exact) mass is 325 g/mol. The van der Waals surface area contributed by atoms with Gasteiger partial charge in [0.15, 0.2) is 0 Å². The van der Waals surface area contributed by atoms with Crippen LogP contribution in [-0.2, 0) is 13.1 Å². The zero-order valence-corrected chi connectivity index (χ0v) is 14.2. The molecule has 0 bridgehead atoms. The van der Waals surface area contributed by atoms with Crippen molar-refractivity contribution in [1.29, 1.82) is 5.26 Å². The van der Waals surface area contributed by atoms with Crippen LogP contribution in [0.5, 0.6) is 0 Å². The van der Waals surface area contributed by atoms with E-state index in [1.807, 2.05) is 28.8 Å². The predicted molar refractivity (Wildman–Crippen MR) is 101 cm³/mol. The molecule has 0 atom stereocenters. The molecule has 4 aromatic rings. The lowest BCUT2D eigenvalue weighted by Gasteiger charge is -2.16. The van der Waals surface area contributed by atoms with Crippen LogP contribution in [0.1, 0.15) is 16.7 Å². The van der Waals surface area contributed by atoms with Crippen molar-refractivity contribution in [3.8, 4) is 6.07 Å². The van der Waals surface area contributed by atoms with E-state index in [2.05, 4.69) is 66.7 Å². The minimum Gasteiger partial charge on any atom is -0.322 e. The summed E-state index contributed by atoms with van der Waals surface area (Å²) < 4.78 is 2.03. The lowest BCUT2D eigenvalue weighted by atomic mass is 10.1. The van der Waals surface area contributed by atoms with Crippen molar-refractivity contribution in [1.82, 2.24) is 9.30 Å². The van der Waals surface area contributed by atoms with Crippen LogP contribution < -0.4 is 0 Å². The van der Waals surface area contributed by atoms with Crippen molar-refractivity contribution in [3.63, 3.8) is 0 Å². The molecule has 0 aliphatic heterocycles. The summed E-state index contributed by atoms with van der Waals surface area (Å²) in [6.07, 6.45) is 4.05. The third-order valence-electron chi connectivity index (χ3n) is 4.58. The van der Waals surface area contributed by atoms with E-state index in [0.717, 1.165) is 29.7 Å². The fourth-order valence-corrected chi connectivity index (χ4v) is 3.42. The first-order valence-electron chi connectivity index (χ1n) is 8.39. The quantitative estimate of drug-likeness (QED) is 0.549. The number of fused-ring (bicyclic) bond motifs is 2. The summed E-state index contributed by atoms with van der Waals surface area (Å²) in [5.41, 5.74) is 4.09. The Labute approximate surface area is 147 Å². The molecule has 3 nitrogen and oxygen atoms in total. The zero-order valence-electron chi connectivity index (χ0n) is 14.2. The molecule has 0 saturated heterocycles. The van der Waals surface area contributed by atoms with Crippen LogP contribution >= 0.6 is 0 Å². The lowest BCUT2D eigenvalue weighted by molar-refractivity contribution is 0.319. The Morgan fingerprint density at radius 1 is 0.960 bits per heavy atom. The first-order valence-corrected chi connectivity index (χ1v) is 8.39. The number of pyridine rings is 1. The highest BCUT2D eigenvalue weighted by Gasteiger charge is 2.12. The molecule has 0 fully saturated rings. The van der Waals surface area contributed by atoms with Gasteiger partial charge < -0.3 is 4.40 Å². The summed E-state index contributed by atoms with van der Waals surface area (Å²) in [6, 6.07) is 23.3. The zero-order chi connectivity index (χ0) is 17.2. The minimum atomic E-state index is 0.747. The number of rotatable bonds is 4. The molecule has 0 aliphatic carbocycles. The summed E-state index contributed by atoms with van der Waals surface area (Å²) in [7, 11) is 2.10. The van der Waals surface area contributed by atoms with Gasteiger partial charge in [0.2, 0.25) is 0 Å². The largest absolute Gasteiger partial charge is 0.322 e. The standard InChI is InChI=1S/C22H19N3/c1-24(14-17-9-10-18-6-2-3-7-19(18)12-17)15-20-16-25-11-5-4-8-22(25)21(20)13-23/h2-12,16H,14-15H2,1H3. The highest BCUT2D eigenvalue weighted by Crippen LogP contribution is 2.21. The molecule has 4 rings (SSSR count). The second kappa shape index (κ2) is 6.43. The highest BCUT2D eigenvalue weighted by atomic mass is 15.1. The molecule has 0 N–H and O–H groups in total. The van der Waals surface area contributed by atoms with Gasteiger partial charge in [-0.1, -0.05) is 42.5 Å². The van der Waals surface area contributed by atoms with Gasteiger partial charge in [0.05, 0.1) is 11.1 Å². The highest BCUT2D eigenvalue weighted by molar-refractivity contribution is 5.82. The van der Waals surface area contributed by atoms with Crippen molar-refractivity contribution < 1.29 is 0 Å². The Morgan fingerprint density at radius 2 is 1.76 bits per heavy atom. The van der Waals surface area contributed by atoms with E-state index in [1.165, 1.54) is 16.3 Å². The number of hydrogen-bond donors (Lipinski definition) is 0. The van der Waals surface area contributed by atoms with E-state index in [1.54, 1.807) is 0 Å². The first-order chi connectivity index (χ1) is 12.2. The normalized spacial score (nSPS) is 11.2. The van der Waals surface area contributed by atoms with Crippen LogP contribution in [0.25, 0.3) is 16.3 Å². The van der Waals surface area contributed by atoms with Crippen LogP contribution in [0.3, 0.4) is 0 Å². The van der Waals surface area contributed by atoms with Crippen LogP contribution in [-0.4, -0.2) is 16.3 Å². The number of nitrogens with zero attached hydrogens (tertiary/aromatic N) is 3. The fraction of sp³-hybridized carbons (Fsp3) is 0.136. The summed E-state index contributed by atoms with van der Waals surface area (Å²) >= 11 is 0. The van der Waals surface area contributed by atoms with Crippen molar-refractivity contribution in [3.05, 3.63) is 89.7 Å². The third kappa shape index (κ3) is 3.00. The maximum Gasteiger partial charge on any atom is 0.102 e. The Morgan fingerprint density at radius 3 is 2.60 bits per heavy atom. The molecule has 25 heavy (non-hydrogen) atoms. The van der Waals surface area contributed by atoms with Crippen LogP contribution in [0, 0.1) is 11.3 Å². The van der Waals surface area contributed by atoms with E-state index < -0.39 is 0 Å². The smallest absolute Gasteiger partial charge is 0.102 e. The van der Waals surface area contributed by atoms with E-state index in [-0.39, 0.29) is 0 Å². The van der Waals surface area contributed by atoms with Gasteiger partial charge >= 0.3 is 0 Å². The molecule has 122 valence electrons. The van der Waals surface area contributed by atoms with E-state index in [4.69, 9.17) is 0 Å².